The van der Waals surface area contributed by atoms with Gasteiger partial charge in [0.05, 0.1) is 15.6 Å². The zero-order chi connectivity index (χ0) is 14.9. The first-order valence-electron chi connectivity index (χ1n) is 7.45. The summed E-state index contributed by atoms with van der Waals surface area (Å²) >= 11 is 9.85. The van der Waals surface area contributed by atoms with Gasteiger partial charge < -0.3 is 0 Å². The Bertz CT molecular complexity index is 639. The fourth-order valence-electron chi connectivity index (χ4n) is 3.01. The molecule has 0 bridgehead atoms. The summed E-state index contributed by atoms with van der Waals surface area (Å²) in [7, 11) is 0. The highest BCUT2D eigenvalue weighted by molar-refractivity contribution is 9.10. The van der Waals surface area contributed by atoms with Crippen molar-refractivity contribution >= 4 is 27.5 Å². The molecule has 1 fully saturated rings. The van der Waals surface area contributed by atoms with Gasteiger partial charge in [0.15, 0.2) is 0 Å². The summed E-state index contributed by atoms with van der Waals surface area (Å²) in [5.41, 5.74) is 2.28. The molecule has 110 valence electrons. The van der Waals surface area contributed by atoms with Gasteiger partial charge in [0, 0.05) is 0 Å². The number of hydrogen-bond donors (Lipinski definition) is 0. The van der Waals surface area contributed by atoms with Crippen molar-refractivity contribution in [1.29, 1.82) is 0 Å². The summed E-state index contributed by atoms with van der Waals surface area (Å²) in [6.45, 7) is 2.15. The largest absolute Gasteiger partial charge is 0.236 e. The lowest BCUT2D eigenvalue weighted by Crippen LogP contribution is -2.37. The van der Waals surface area contributed by atoms with Crippen LogP contribution in [-0.2, 0) is 11.8 Å². The van der Waals surface area contributed by atoms with Gasteiger partial charge in [-0.2, -0.15) is 0 Å². The third kappa shape index (κ3) is 2.62. The Labute approximate surface area is 139 Å². The van der Waals surface area contributed by atoms with Gasteiger partial charge in [-0.05, 0) is 40.8 Å². The van der Waals surface area contributed by atoms with E-state index < -0.39 is 0 Å². The van der Waals surface area contributed by atoms with E-state index in [1.807, 2.05) is 6.07 Å². The van der Waals surface area contributed by atoms with Gasteiger partial charge in [-0.3, -0.25) is 0 Å². The molecule has 3 rings (SSSR count). The van der Waals surface area contributed by atoms with E-state index in [4.69, 9.17) is 16.6 Å². The first kappa shape index (κ1) is 15.0. The smallest absolute Gasteiger partial charge is 0.147 e. The normalized spacial score (nSPS) is 16.5. The van der Waals surface area contributed by atoms with Crippen LogP contribution >= 0.6 is 27.5 Å². The molecule has 1 saturated carbocycles. The standard InChI is InChI=1S/C17H18BrClN2/c1-2-7-13-14(18)15(19)21-16(20-13)17(10-6-11-17)12-8-4-3-5-9-12/h3-5,8-9H,2,6-7,10-11H2,1H3. The van der Waals surface area contributed by atoms with Crippen molar-refractivity contribution < 1.29 is 0 Å². The molecule has 0 radical (unpaired) electrons. The number of halogens is 2. The fourth-order valence-corrected chi connectivity index (χ4v) is 3.57. The molecule has 1 aromatic heterocycles. The Morgan fingerprint density at radius 1 is 1.19 bits per heavy atom. The molecule has 2 aromatic rings. The average molecular weight is 366 g/mol. The van der Waals surface area contributed by atoms with Crippen LogP contribution in [0.15, 0.2) is 34.8 Å². The van der Waals surface area contributed by atoms with Crippen molar-refractivity contribution in [3.05, 3.63) is 57.0 Å². The number of hydrogen-bond acceptors (Lipinski definition) is 2. The van der Waals surface area contributed by atoms with Crippen molar-refractivity contribution in [3.63, 3.8) is 0 Å². The van der Waals surface area contributed by atoms with E-state index in [-0.39, 0.29) is 5.41 Å². The molecule has 2 nitrogen and oxygen atoms in total. The Balaban J connectivity index is 2.10. The topological polar surface area (TPSA) is 25.8 Å². The minimum Gasteiger partial charge on any atom is -0.236 e. The predicted molar refractivity (Wildman–Crippen MR) is 89.8 cm³/mol. The van der Waals surface area contributed by atoms with Crippen molar-refractivity contribution in [3.8, 4) is 0 Å². The molecule has 0 N–H and O–H groups in total. The van der Waals surface area contributed by atoms with Crippen LogP contribution in [0.3, 0.4) is 0 Å². The van der Waals surface area contributed by atoms with Gasteiger partial charge in [-0.15, -0.1) is 0 Å². The third-order valence-corrected chi connectivity index (χ3v) is 5.66. The molecule has 1 aromatic carbocycles. The van der Waals surface area contributed by atoms with Crippen LogP contribution in [0.2, 0.25) is 5.15 Å². The molecule has 1 aliphatic rings. The lowest BCUT2D eigenvalue weighted by Gasteiger charge is -2.41. The van der Waals surface area contributed by atoms with Crippen LogP contribution in [0.5, 0.6) is 0 Å². The lowest BCUT2D eigenvalue weighted by atomic mass is 9.64. The van der Waals surface area contributed by atoms with E-state index in [0.717, 1.165) is 41.7 Å². The molecule has 0 amide bonds. The SMILES string of the molecule is CCCc1nc(C2(c3ccccc3)CCC2)nc(Cl)c1Br. The molecule has 1 aliphatic carbocycles. The predicted octanol–water partition coefficient (Wildman–Crippen LogP) is 5.32. The summed E-state index contributed by atoms with van der Waals surface area (Å²) in [5, 5.41) is 0.533. The van der Waals surface area contributed by atoms with E-state index in [1.54, 1.807) is 0 Å². The van der Waals surface area contributed by atoms with E-state index in [1.165, 1.54) is 12.0 Å². The highest BCUT2D eigenvalue weighted by Gasteiger charge is 2.43. The Morgan fingerprint density at radius 3 is 2.48 bits per heavy atom. The van der Waals surface area contributed by atoms with Crippen LogP contribution in [-0.4, -0.2) is 9.97 Å². The van der Waals surface area contributed by atoms with Crippen molar-refractivity contribution in [2.24, 2.45) is 0 Å². The van der Waals surface area contributed by atoms with Crippen LogP contribution in [0.1, 0.15) is 49.7 Å². The van der Waals surface area contributed by atoms with E-state index in [0.29, 0.717) is 5.15 Å². The van der Waals surface area contributed by atoms with Gasteiger partial charge in [-0.25, -0.2) is 9.97 Å². The molecular weight excluding hydrogens is 348 g/mol. The van der Waals surface area contributed by atoms with Crippen LogP contribution in [0.25, 0.3) is 0 Å². The monoisotopic (exact) mass is 364 g/mol. The average Bonchev–Trinajstić information content (AvgIpc) is 2.44. The Hall–Kier alpha value is -0.930. The number of nitrogens with zero attached hydrogens (tertiary/aromatic N) is 2. The van der Waals surface area contributed by atoms with Crippen molar-refractivity contribution in [1.82, 2.24) is 9.97 Å². The summed E-state index contributed by atoms with van der Waals surface area (Å²) in [6.07, 6.45) is 5.38. The molecule has 4 heteroatoms. The van der Waals surface area contributed by atoms with Crippen molar-refractivity contribution in [2.75, 3.05) is 0 Å². The Morgan fingerprint density at radius 2 is 1.90 bits per heavy atom. The number of aromatic nitrogens is 2. The lowest BCUT2D eigenvalue weighted by molar-refractivity contribution is 0.284. The summed E-state index contributed by atoms with van der Waals surface area (Å²) in [5.74, 6) is 0.886. The van der Waals surface area contributed by atoms with Gasteiger partial charge >= 0.3 is 0 Å². The fraction of sp³-hybridized carbons (Fsp3) is 0.412. The minimum absolute atomic E-state index is 0.0475. The molecule has 0 unspecified atom stereocenters. The minimum atomic E-state index is -0.0475. The van der Waals surface area contributed by atoms with Gasteiger partial charge in [-0.1, -0.05) is 61.7 Å². The molecule has 0 saturated heterocycles. The van der Waals surface area contributed by atoms with E-state index in [9.17, 15) is 0 Å². The summed E-state index contributed by atoms with van der Waals surface area (Å²) in [6, 6.07) is 10.6. The quantitative estimate of drug-likeness (QED) is 0.686. The third-order valence-electron chi connectivity index (χ3n) is 4.33. The molecular formula is C17H18BrClN2. The highest BCUT2D eigenvalue weighted by atomic mass is 79.9. The highest BCUT2D eigenvalue weighted by Crippen LogP contribution is 2.48. The Kier molecular flexibility index (Phi) is 4.32. The maximum absolute atomic E-state index is 6.33. The van der Waals surface area contributed by atoms with Crippen LogP contribution < -0.4 is 0 Å². The molecule has 0 atom stereocenters. The number of benzene rings is 1. The van der Waals surface area contributed by atoms with Crippen LogP contribution in [0.4, 0.5) is 0 Å². The second-order valence-corrected chi connectivity index (χ2v) is 6.80. The van der Waals surface area contributed by atoms with Gasteiger partial charge in [0.2, 0.25) is 0 Å². The zero-order valence-corrected chi connectivity index (χ0v) is 14.4. The second-order valence-electron chi connectivity index (χ2n) is 5.65. The second kappa shape index (κ2) is 6.05. The maximum Gasteiger partial charge on any atom is 0.147 e. The first-order chi connectivity index (χ1) is 10.2. The van der Waals surface area contributed by atoms with Gasteiger partial charge in [0.25, 0.3) is 0 Å². The van der Waals surface area contributed by atoms with Crippen LogP contribution in [0, 0.1) is 0 Å². The van der Waals surface area contributed by atoms with E-state index >= 15 is 0 Å². The first-order valence-corrected chi connectivity index (χ1v) is 8.62. The van der Waals surface area contributed by atoms with Gasteiger partial charge in [0.1, 0.15) is 11.0 Å². The number of aryl methyl sites for hydroxylation is 1. The summed E-state index contributed by atoms with van der Waals surface area (Å²) < 4.78 is 0.845. The maximum atomic E-state index is 6.33. The molecule has 21 heavy (non-hydrogen) atoms. The molecule has 1 heterocycles. The molecule has 0 aliphatic heterocycles. The zero-order valence-electron chi connectivity index (χ0n) is 12.1. The van der Waals surface area contributed by atoms with Crippen molar-refractivity contribution in [2.45, 2.75) is 44.4 Å². The molecule has 0 spiro atoms. The van der Waals surface area contributed by atoms with E-state index in [2.05, 4.69) is 52.1 Å². The summed E-state index contributed by atoms with van der Waals surface area (Å²) in [4.78, 5) is 9.44. The number of rotatable bonds is 4.